The predicted octanol–water partition coefficient (Wildman–Crippen LogP) is 2.62. The molecular formula is C21H23N5O4. The molecular weight excluding hydrogens is 386 g/mol. The van der Waals surface area contributed by atoms with E-state index in [1.165, 1.54) is 11.8 Å². The second-order valence-electron chi connectivity index (χ2n) is 6.63. The van der Waals surface area contributed by atoms with Crippen LogP contribution in [0.1, 0.15) is 36.0 Å². The summed E-state index contributed by atoms with van der Waals surface area (Å²) in [6.07, 6.45) is -0.199. The first-order valence-electron chi connectivity index (χ1n) is 9.45. The topological polar surface area (TPSA) is 108 Å². The van der Waals surface area contributed by atoms with Crippen molar-refractivity contribution < 1.29 is 19.1 Å². The van der Waals surface area contributed by atoms with Crippen molar-refractivity contribution in [3.63, 3.8) is 0 Å². The summed E-state index contributed by atoms with van der Waals surface area (Å²) < 4.78 is 11.5. The first kappa shape index (κ1) is 21.0. The Hall–Kier alpha value is -3.75. The van der Waals surface area contributed by atoms with Crippen molar-refractivity contribution in [2.75, 3.05) is 7.11 Å². The Morgan fingerprint density at radius 1 is 1.03 bits per heavy atom. The van der Waals surface area contributed by atoms with Gasteiger partial charge in [-0.05, 0) is 28.5 Å². The normalized spacial score (nSPS) is 12.6. The van der Waals surface area contributed by atoms with Gasteiger partial charge in [-0.2, -0.15) is 0 Å². The molecule has 30 heavy (non-hydrogen) atoms. The maximum absolute atomic E-state index is 12.5. The van der Waals surface area contributed by atoms with Gasteiger partial charge in [0.1, 0.15) is 6.61 Å². The lowest BCUT2D eigenvalue weighted by atomic mass is 10.1. The van der Waals surface area contributed by atoms with E-state index in [0.29, 0.717) is 12.2 Å². The summed E-state index contributed by atoms with van der Waals surface area (Å²) in [5, 5.41) is 14.5. The second kappa shape index (κ2) is 10.1. The molecule has 0 aliphatic rings. The van der Waals surface area contributed by atoms with Crippen LogP contribution in [0.5, 0.6) is 0 Å². The monoisotopic (exact) mass is 409 g/mol. The fourth-order valence-corrected chi connectivity index (χ4v) is 2.94. The maximum atomic E-state index is 12.5. The lowest BCUT2D eigenvalue weighted by molar-refractivity contribution is -0.144. The number of carbonyl (C=O) groups is 2. The largest absolute Gasteiger partial charge is 0.467 e. The molecule has 2 aromatic carbocycles. The minimum Gasteiger partial charge on any atom is -0.467 e. The lowest BCUT2D eigenvalue weighted by Crippen LogP contribution is -2.34. The van der Waals surface area contributed by atoms with Crippen molar-refractivity contribution in [1.82, 2.24) is 25.5 Å². The van der Waals surface area contributed by atoms with E-state index in [-0.39, 0.29) is 6.61 Å². The lowest BCUT2D eigenvalue weighted by Gasteiger charge is -2.20. The number of alkyl carbamates (subject to hydrolysis) is 1. The Morgan fingerprint density at radius 3 is 2.30 bits per heavy atom. The van der Waals surface area contributed by atoms with Crippen molar-refractivity contribution in [2.24, 2.45) is 0 Å². The van der Waals surface area contributed by atoms with Crippen LogP contribution in [0.25, 0.3) is 0 Å². The third-order valence-corrected chi connectivity index (χ3v) is 4.53. The molecule has 3 rings (SSSR count). The van der Waals surface area contributed by atoms with E-state index in [9.17, 15) is 9.59 Å². The standard InChI is InChI=1S/C21H23N5O4/c1-15(20(27)29-2)26-19(23-24-25-26)18(13-16-9-5-3-6-10-16)22-21(28)30-14-17-11-7-4-8-12-17/h3-12,15,18H,13-14H2,1-2H3,(H,22,28)/t15?,18-/m0/s1. The van der Waals surface area contributed by atoms with E-state index >= 15 is 0 Å². The zero-order valence-electron chi connectivity index (χ0n) is 16.8. The molecule has 1 N–H and O–H groups in total. The van der Waals surface area contributed by atoms with Crippen LogP contribution in [0.3, 0.4) is 0 Å². The van der Waals surface area contributed by atoms with Crippen LogP contribution in [-0.2, 0) is 27.3 Å². The molecule has 1 amide bonds. The van der Waals surface area contributed by atoms with Crippen molar-refractivity contribution in [3.05, 3.63) is 77.6 Å². The predicted molar refractivity (Wildman–Crippen MR) is 107 cm³/mol. The number of amides is 1. The number of carbonyl (C=O) groups excluding carboxylic acids is 2. The van der Waals surface area contributed by atoms with Crippen LogP contribution in [0.4, 0.5) is 4.79 Å². The van der Waals surface area contributed by atoms with E-state index in [4.69, 9.17) is 9.47 Å². The molecule has 0 spiro atoms. The number of tetrazole rings is 1. The van der Waals surface area contributed by atoms with E-state index < -0.39 is 24.1 Å². The highest BCUT2D eigenvalue weighted by Gasteiger charge is 2.27. The number of ether oxygens (including phenoxy) is 2. The molecule has 156 valence electrons. The molecule has 0 aliphatic carbocycles. The molecule has 2 atom stereocenters. The van der Waals surface area contributed by atoms with Gasteiger partial charge in [-0.3, -0.25) is 0 Å². The minimum absolute atomic E-state index is 0.133. The van der Waals surface area contributed by atoms with Gasteiger partial charge in [0.25, 0.3) is 0 Å². The summed E-state index contributed by atoms with van der Waals surface area (Å²) in [4.78, 5) is 24.5. The summed E-state index contributed by atoms with van der Waals surface area (Å²) >= 11 is 0. The van der Waals surface area contributed by atoms with Gasteiger partial charge >= 0.3 is 12.1 Å². The summed E-state index contributed by atoms with van der Waals surface area (Å²) in [6.45, 7) is 1.76. The Kier molecular flexibility index (Phi) is 7.09. The molecule has 0 saturated carbocycles. The molecule has 0 bridgehead atoms. The third-order valence-electron chi connectivity index (χ3n) is 4.53. The minimum atomic E-state index is -0.750. The number of nitrogens with one attached hydrogen (secondary N) is 1. The van der Waals surface area contributed by atoms with Crippen LogP contribution in [-0.4, -0.2) is 39.4 Å². The summed E-state index contributed by atoms with van der Waals surface area (Å²) in [7, 11) is 1.30. The zero-order valence-corrected chi connectivity index (χ0v) is 16.8. The van der Waals surface area contributed by atoms with Gasteiger partial charge in [0, 0.05) is 6.42 Å². The molecule has 0 radical (unpaired) electrons. The van der Waals surface area contributed by atoms with Crippen LogP contribution in [0, 0.1) is 0 Å². The van der Waals surface area contributed by atoms with Crippen LogP contribution >= 0.6 is 0 Å². The van der Waals surface area contributed by atoms with E-state index in [0.717, 1.165) is 11.1 Å². The zero-order chi connectivity index (χ0) is 21.3. The number of methoxy groups -OCH3 is 1. The Bertz CT molecular complexity index is 962. The molecule has 9 nitrogen and oxygen atoms in total. The summed E-state index contributed by atoms with van der Waals surface area (Å²) in [6, 6.07) is 17.6. The third kappa shape index (κ3) is 5.40. The van der Waals surface area contributed by atoms with E-state index in [1.807, 2.05) is 60.7 Å². The maximum Gasteiger partial charge on any atom is 0.408 e. The Labute approximate surface area is 174 Å². The molecule has 9 heteroatoms. The van der Waals surface area contributed by atoms with Gasteiger partial charge in [0.15, 0.2) is 11.9 Å². The van der Waals surface area contributed by atoms with Crippen molar-refractivity contribution in [3.8, 4) is 0 Å². The van der Waals surface area contributed by atoms with E-state index in [1.54, 1.807) is 6.92 Å². The van der Waals surface area contributed by atoms with Gasteiger partial charge in [0.2, 0.25) is 0 Å². The average Bonchev–Trinajstić information content (AvgIpc) is 3.27. The number of nitrogens with zero attached hydrogens (tertiary/aromatic N) is 4. The average molecular weight is 409 g/mol. The molecule has 0 fully saturated rings. The number of hydrogen-bond acceptors (Lipinski definition) is 7. The highest BCUT2D eigenvalue weighted by atomic mass is 16.5. The van der Waals surface area contributed by atoms with Crippen molar-refractivity contribution >= 4 is 12.1 Å². The van der Waals surface area contributed by atoms with Gasteiger partial charge in [-0.1, -0.05) is 60.7 Å². The second-order valence-corrected chi connectivity index (χ2v) is 6.63. The number of benzene rings is 2. The molecule has 3 aromatic rings. The first-order chi connectivity index (χ1) is 14.6. The fraction of sp³-hybridized carbons (Fsp3) is 0.286. The van der Waals surface area contributed by atoms with Gasteiger partial charge in [0.05, 0.1) is 13.2 Å². The Morgan fingerprint density at radius 2 is 1.67 bits per heavy atom. The van der Waals surface area contributed by atoms with Crippen LogP contribution in [0.2, 0.25) is 0 Å². The number of rotatable bonds is 8. The van der Waals surface area contributed by atoms with Crippen molar-refractivity contribution in [2.45, 2.75) is 32.0 Å². The smallest absolute Gasteiger partial charge is 0.408 e. The fourth-order valence-electron chi connectivity index (χ4n) is 2.94. The van der Waals surface area contributed by atoms with E-state index in [2.05, 4.69) is 20.8 Å². The van der Waals surface area contributed by atoms with Crippen LogP contribution in [0.15, 0.2) is 60.7 Å². The molecule has 1 unspecified atom stereocenters. The van der Waals surface area contributed by atoms with Gasteiger partial charge in [-0.25, -0.2) is 14.3 Å². The van der Waals surface area contributed by atoms with Crippen LogP contribution < -0.4 is 5.32 Å². The summed E-state index contributed by atoms with van der Waals surface area (Å²) in [5.74, 6) is -0.165. The number of esters is 1. The number of aromatic nitrogens is 4. The first-order valence-corrected chi connectivity index (χ1v) is 9.45. The molecule has 0 saturated heterocycles. The molecule has 1 aromatic heterocycles. The molecule has 0 aliphatic heterocycles. The van der Waals surface area contributed by atoms with Gasteiger partial charge in [-0.15, -0.1) is 5.10 Å². The summed E-state index contributed by atoms with van der Waals surface area (Å²) in [5.41, 5.74) is 1.84. The molecule has 1 heterocycles. The number of hydrogen-bond donors (Lipinski definition) is 1. The van der Waals surface area contributed by atoms with Crippen molar-refractivity contribution in [1.29, 1.82) is 0 Å². The highest BCUT2D eigenvalue weighted by molar-refractivity contribution is 5.73. The quantitative estimate of drug-likeness (QED) is 0.570. The SMILES string of the molecule is COC(=O)C(C)n1nnnc1[C@H](Cc1ccccc1)NC(=O)OCc1ccccc1. The van der Waals surface area contributed by atoms with Gasteiger partial charge < -0.3 is 14.8 Å². The Balaban J connectivity index is 1.78. The highest BCUT2D eigenvalue weighted by Crippen LogP contribution is 2.20.